The number of hydrogen-bond donors (Lipinski definition) is 1. The lowest BCUT2D eigenvalue weighted by atomic mass is 9.85. The number of fused-ring (bicyclic) bond motifs is 1. The zero-order valence-corrected chi connectivity index (χ0v) is 16.2. The summed E-state index contributed by atoms with van der Waals surface area (Å²) in [5.74, 6) is -1.20. The third kappa shape index (κ3) is 4.08. The number of carbonyl (C=O) groups excluding carboxylic acids is 1. The third-order valence-electron chi connectivity index (χ3n) is 5.36. The van der Waals surface area contributed by atoms with Crippen LogP contribution in [-0.4, -0.2) is 22.1 Å². The minimum atomic E-state index is -4.16. The van der Waals surface area contributed by atoms with E-state index in [1.54, 1.807) is 19.1 Å². The van der Waals surface area contributed by atoms with Crippen LogP contribution in [0.3, 0.4) is 0 Å². The zero-order chi connectivity index (χ0) is 21.3. The first-order valence-electron chi connectivity index (χ1n) is 9.68. The van der Waals surface area contributed by atoms with Gasteiger partial charge in [0.1, 0.15) is 12.3 Å². The molecule has 1 aromatic carbocycles. The number of rotatable bonds is 4. The van der Waals surface area contributed by atoms with Gasteiger partial charge in [0.25, 0.3) is 5.91 Å². The van der Waals surface area contributed by atoms with E-state index in [1.165, 1.54) is 18.7 Å². The molecule has 1 N–H and O–H groups in total. The Balaban J connectivity index is 1.57. The number of hydrogen-bond acceptors (Lipinski definition) is 4. The van der Waals surface area contributed by atoms with Crippen molar-refractivity contribution >= 4 is 22.4 Å². The first kappa shape index (κ1) is 20.1. The molecule has 0 saturated heterocycles. The summed E-state index contributed by atoms with van der Waals surface area (Å²) in [7, 11) is 0. The fraction of sp³-hybridized carbons (Fsp3) is 0.318. The van der Waals surface area contributed by atoms with Gasteiger partial charge in [-0.1, -0.05) is 24.3 Å². The zero-order valence-electron chi connectivity index (χ0n) is 16.2. The van der Waals surface area contributed by atoms with Crippen LogP contribution in [0.5, 0.6) is 0 Å². The molecule has 0 radical (unpaired) electrons. The van der Waals surface area contributed by atoms with Gasteiger partial charge in [-0.15, -0.1) is 0 Å². The number of amides is 1. The van der Waals surface area contributed by atoms with Crippen molar-refractivity contribution in [3.63, 3.8) is 0 Å². The average Bonchev–Trinajstić information content (AvgIpc) is 3.27. The number of para-hydroxylation sites is 1. The molecule has 0 fully saturated rings. The lowest BCUT2D eigenvalue weighted by Gasteiger charge is -2.24. The Morgan fingerprint density at radius 2 is 2.13 bits per heavy atom. The number of allylic oxidation sites excluding steroid dienone is 2. The maximum absolute atomic E-state index is 12.9. The molecule has 2 atom stereocenters. The number of nitrogens with zero attached hydrogens (tertiary/aromatic N) is 2. The van der Waals surface area contributed by atoms with E-state index in [2.05, 4.69) is 15.3 Å². The Hall–Kier alpha value is -3.16. The van der Waals surface area contributed by atoms with Crippen molar-refractivity contribution in [1.82, 2.24) is 15.3 Å². The van der Waals surface area contributed by atoms with E-state index >= 15 is 0 Å². The summed E-state index contributed by atoms with van der Waals surface area (Å²) in [5.41, 5.74) is 2.73. The van der Waals surface area contributed by atoms with Crippen LogP contribution in [-0.2, 0) is 0 Å². The first-order valence-corrected chi connectivity index (χ1v) is 9.68. The van der Waals surface area contributed by atoms with Crippen LogP contribution in [0.25, 0.3) is 16.5 Å². The fourth-order valence-corrected chi connectivity index (χ4v) is 3.71. The largest absolute Gasteiger partial charge is 0.447 e. The number of oxazole rings is 1. The molecule has 1 aliphatic carbocycles. The molecule has 4 rings (SSSR count). The van der Waals surface area contributed by atoms with Gasteiger partial charge < -0.3 is 9.73 Å². The summed E-state index contributed by atoms with van der Waals surface area (Å²) in [6, 6.07) is 6.85. The van der Waals surface area contributed by atoms with Crippen molar-refractivity contribution < 1.29 is 22.4 Å². The predicted octanol–water partition coefficient (Wildman–Crippen LogP) is 5.46. The first-order chi connectivity index (χ1) is 14.3. The molecular formula is C22H20F3N3O2. The minimum absolute atomic E-state index is 0.0194. The van der Waals surface area contributed by atoms with Crippen LogP contribution in [0.4, 0.5) is 13.2 Å². The number of carbonyl (C=O) groups is 1. The van der Waals surface area contributed by atoms with Crippen molar-refractivity contribution in [3.8, 4) is 0 Å². The number of alkyl halides is 3. The van der Waals surface area contributed by atoms with Crippen molar-refractivity contribution in [3.05, 3.63) is 66.0 Å². The maximum atomic E-state index is 12.9. The molecule has 2 heterocycles. The smallest absolute Gasteiger partial charge is 0.392 e. The second-order valence-corrected chi connectivity index (χ2v) is 7.41. The molecule has 3 aromatic rings. The SMILES string of the molecule is C[C@H](NC(=O)c1cnc2c(C3=CC[C@@H](C(F)(F)F)CC3)cccc2c1)c1ncco1. The Kier molecular flexibility index (Phi) is 5.32. The molecule has 0 unspecified atom stereocenters. The fourth-order valence-electron chi connectivity index (χ4n) is 3.71. The van der Waals surface area contributed by atoms with Gasteiger partial charge in [0, 0.05) is 17.1 Å². The number of nitrogens with one attached hydrogen (secondary N) is 1. The molecule has 1 aliphatic rings. The van der Waals surface area contributed by atoms with Gasteiger partial charge in [0.05, 0.1) is 23.2 Å². The van der Waals surface area contributed by atoms with Gasteiger partial charge in [-0.05, 0) is 37.8 Å². The van der Waals surface area contributed by atoms with E-state index in [0.29, 0.717) is 23.4 Å². The van der Waals surface area contributed by atoms with E-state index in [4.69, 9.17) is 4.42 Å². The maximum Gasteiger partial charge on any atom is 0.392 e. The van der Waals surface area contributed by atoms with Gasteiger partial charge in [-0.2, -0.15) is 13.2 Å². The van der Waals surface area contributed by atoms with Crippen LogP contribution in [0.2, 0.25) is 0 Å². The monoisotopic (exact) mass is 415 g/mol. The van der Waals surface area contributed by atoms with Crippen molar-refractivity contribution in [2.24, 2.45) is 5.92 Å². The number of pyridine rings is 1. The summed E-state index contributed by atoms with van der Waals surface area (Å²) in [6.07, 6.45) is 2.33. The van der Waals surface area contributed by atoms with Crippen LogP contribution in [0, 0.1) is 5.92 Å². The summed E-state index contributed by atoms with van der Waals surface area (Å²) in [5, 5.41) is 3.56. The molecule has 0 aliphatic heterocycles. The summed E-state index contributed by atoms with van der Waals surface area (Å²) < 4.78 is 44.0. The highest BCUT2D eigenvalue weighted by atomic mass is 19.4. The highest BCUT2D eigenvalue weighted by molar-refractivity contribution is 5.99. The highest BCUT2D eigenvalue weighted by Crippen LogP contribution is 2.40. The van der Waals surface area contributed by atoms with Crippen LogP contribution < -0.4 is 5.32 Å². The third-order valence-corrected chi connectivity index (χ3v) is 5.36. The molecule has 1 amide bonds. The molecular weight excluding hydrogens is 395 g/mol. The lowest BCUT2D eigenvalue weighted by molar-refractivity contribution is -0.175. The van der Waals surface area contributed by atoms with Gasteiger partial charge in [0.15, 0.2) is 0 Å². The molecule has 156 valence electrons. The van der Waals surface area contributed by atoms with Crippen molar-refractivity contribution in [1.29, 1.82) is 0 Å². The summed E-state index contributed by atoms with van der Waals surface area (Å²) in [6.45, 7) is 1.76. The Morgan fingerprint density at radius 3 is 2.80 bits per heavy atom. The summed E-state index contributed by atoms with van der Waals surface area (Å²) >= 11 is 0. The Bertz CT molecular complexity index is 1090. The quantitative estimate of drug-likeness (QED) is 0.614. The number of aromatic nitrogens is 2. The van der Waals surface area contributed by atoms with Crippen molar-refractivity contribution in [2.45, 2.75) is 38.4 Å². The second kappa shape index (κ2) is 7.93. The van der Waals surface area contributed by atoms with E-state index in [-0.39, 0.29) is 18.7 Å². The van der Waals surface area contributed by atoms with Crippen LogP contribution in [0.1, 0.15) is 54.0 Å². The van der Waals surface area contributed by atoms with Gasteiger partial charge in [0.2, 0.25) is 5.89 Å². The van der Waals surface area contributed by atoms with Crippen LogP contribution >= 0.6 is 0 Å². The predicted molar refractivity (Wildman–Crippen MR) is 106 cm³/mol. The van der Waals surface area contributed by atoms with E-state index in [1.807, 2.05) is 18.2 Å². The average molecular weight is 415 g/mol. The lowest BCUT2D eigenvalue weighted by Crippen LogP contribution is -2.27. The number of halogens is 3. The Morgan fingerprint density at radius 1 is 1.30 bits per heavy atom. The molecule has 30 heavy (non-hydrogen) atoms. The highest BCUT2D eigenvalue weighted by Gasteiger charge is 2.39. The molecule has 0 saturated carbocycles. The second-order valence-electron chi connectivity index (χ2n) is 7.41. The van der Waals surface area contributed by atoms with E-state index < -0.39 is 18.1 Å². The number of benzene rings is 1. The van der Waals surface area contributed by atoms with Crippen molar-refractivity contribution in [2.75, 3.05) is 0 Å². The molecule has 0 spiro atoms. The normalized spacial score (nSPS) is 18.1. The topological polar surface area (TPSA) is 68.0 Å². The van der Waals surface area contributed by atoms with Gasteiger partial charge in [-0.3, -0.25) is 9.78 Å². The standard InChI is InChI=1S/C22H20F3N3O2/c1-13(21-26-9-10-30-21)28-20(29)16-11-15-3-2-4-18(19(15)27-12-16)14-5-7-17(8-6-14)22(23,24)25/h2-5,9-13,17H,6-8H2,1H3,(H,28,29)/t13-,17+/m0/s1. The molecule has 2 aromatic heterocycles. The Labute approximate surface area is 171 Å². The van der Waals surface area contributed by atoms with Gasteiger partial charge in [-0.25, -0.2) is 4.98 Å². The van der Waals surface area contributed by atoms with Crippen LogP contribution in [0.15, 0.2) is 53.4 Å². The molecule has 8 heteroatoms. The molecule has 0 bridgehead atoms. The molecule has 5 nitrogen and oxygen atoms in total. The summed E-state index contributed by atoms with van der Waals surface area (Å²) in [4.78, 5) is 21.0. The van der Waals surface area contributed by atoms with E-state index in [9.17, 15) is 18.0 Å². The van der Waals surface area contributed by atoms with E-state index in [0.717, 1.165) is 16.5 Å². The van der Waals surface area contributed by atoms with Gasteiger partial charge >= 0.3 is 6.18 Å². The minimum Gasteiger partial charge on any atom is -0.447 e.